The predicted molar refractivity (Wildman–Crippen MR) is 96.5 cm³/mol. The van der Waals surface area contributed by atoms with Gasteiger partial charge >= 0.3 is 6.18 Å². The number of rotatable bonds is 5. The zero-order valence-electron chi connectivity index (χ0n) is 14.8. The van der Waals surface area contributed by atoms with E-state index in [0.717, 1.165) is 17.7 Å². The van der Waals surface area contributed by atoms with Crippen molar-refractivity contribution in [3.63, 3.8) is 0 Å². The zero-order valence-corrected chi connectivity index (χ0v) is 14.8. The van der Waals surface area contributed by atoms with Crippen LogP contribution in [0.3, 0.4) is 0 Å². The highest BCUT2D eigenvalue weighted by Gasteiger charge is 2.29. The maximum absolute atomic E-state index is 12.7. The van der Waals surface area contributed by atoms with Gasteiger partial charge in [0, 0.05) is 6.54 Å². The highest BCUT2D eigenvalue weighted by atomic mass is 19.4. The molecule has 1 amide bonds. The third-order valence-corrected chi connectivity index (χ3v) is 3.92. The average Bonchev–Trinajstić information content (AvgIpc) is 3.10. The van der Waals surface area contributed by atoms with E-state index < -0.39 is 17.6 Å². The molecule has 1 aromatic heterocycles. The smallest absolute Gasteiger partial charge is 0.347 e. The van der Waals surface area contributed by atoms with Crippen molar-refractivity contribution in [2.45, 2.75) is 19.6 Å². The Kier molecular flexibility index (Phi) is 5.53. The van der Waals surface area contributed by atoms with Crippen LogP contribution in [0.25, 0.3) is 11.8 Å². The minimum atomic E-state index is -4.40. The number of amides is 1. The molecule has 0 unspecified atom stereocenters. The minimum absolute atomic E-state index is 0.0598. The predicted octanol–water partition coefficient (Wildman–Crippen LogP) is 3.31. The Morgan fingerprint density at radius 3 is 2.36 bits per heavy atom. The van der Waals surface area contributed by atoms with Crippen LogP contribution in [0.15, 0.2) is 54.6 Å². The summed E-state index contributed by atoms with van der Waals surface area (Å²) in [6, 6.07) is 13.8. The highest BCUT2D eigenvalue weighted by Crippen LogP contribution is 2.29. The fourth-order valence-electron chi connectivity index (χ4n) is 2.47. The fourth-order valence-corrected chi connectivity index (χ4v) is 2.47. The van der Waals surface area contributed by atoms with Gasteiger partial charge in [-0.25, -0.2) is 0 Å². The molecule has 0 aliphatic heterocycles. The lowest BCUT2D eigenvalue weighted by molar-refractivity contribution is -0.137. The topological polar surface area (TPSA) is 72.7 Å². The number of nitrogens with zero attached hydrogens (tertiary/aromatic N) is 4. The Morgan fingerprint density at radius 1 is 1.11 bits per heavy atom. The van der Waals surface area contributed by atoms with Crippen LogP contribution >= 0.6 is 0 Å². The SMILES string of the molecule is Cc1nnnn1C(=Cc1ccccc1)C(=O)NCc1ccc(C(F)(F)F)cc1. The summed E-state index contributed by atoms with van der Waals surface area (Å²) in [4.78, 5) is 12.7. The number of aromatic nitrogens is 4. The second kappa shape index (κ2) is 8.03. The molecule has 0 aliphatic carbocycles. The Hall–Kier alpha value is -3.49. The molecule has 0 aliphatic rings. The molecular formula is C19H16F3N5O. The maximum Gasteiger partial charge on any atom is 0.416 e. The van der Waals surface area contributed by atoms with Crippen molar-refractivity contribution < 1.29 is 18.0 Å². The van der Waals surface area contributed by atoms with Crippen LogP contribution in [-0.2, 0) is 17.5 Å². The van der Waals surface area contributed by atoms with Gasteiger partial charge in [-0.1, -0.05) is 42.5 Å². The number of hydrogen-bond acceptors (Lipinski definition) is 4. The standard InChI is InChI=1S/C19H16F3N5O/c1-13-24-25-26-27(13)17(11-14-5-3-2-4-6-14)18(28)23-12-15-7-9-16(10-8-15)19(20,21)22/h2-11H,12H2,1H3,(H,23,28). The van der Waals surface area contributed by atoms with Crippen molar-refractivity contribution in [2.75, 3.05) is 0 Å². The van der Waals surface area contributed by atoms with Gasteiger partial charge in [0.05, 0.1) is 5.56 Å². The molecule has 3 aromatic rings. The number of carbonyl (C=O) groups excluding carboxylic acids is 1. The van der Waals surface area contributed by atoms with Gasteiger partial charge < -0.3 is 5.32 Å². The van der Waals surface area contributed by atoms with E-state index in [1.54, 1.807) is 13.0 Å². The third kappa shape index (κ3) is 4.61. The molecule has 1 N–H and O–H groups in total. The van der Waals surface area contributed by atoms with Gasteiger partial charge in [-0.05, 0) is 46.7 Å². The molecule has 28 heavy (non-hydrogen) atoms. The summed E-state index contributed by atoms with van der Waals surface area (Å²) in [5.74, 6) is -0.0361. The van der Waals surface area contributed by atoms with E-state index >= 15 is 0 Å². The first-order chi connectivity index (χ1) is 13.3. The van der Waals surface area contributed by atoms with Crippen molar-refractivity contribution in [2.24, 2.45) is 0 Å². The van der Waals surface area contributed by atoms with Crippen LogP contribution in [0.1, 0.15) is 22.5 Å². The third-order valence-electron chi connectivity index (χ3n) is 3.92. The summed E-state index contributed by atoms with van der Waals surface area (Å²) in [5.41, 5.74) is 0.767. The van der Waals surface area contributed by atoms with E-state index in [0.29, 0.717) is 11.4 Å². The number of nitrogens with one attached hydrogen (secondary N) is 1. The van der Waals surface area contributed by atoms with Crippen molar-refractivity contribution in [1.29, 1.82) is 0 Å². The van der Waals surface area contributed by atoms with Crippen LogP contribution in [0.5, 0.6) is 0 Å². The largest absolute Gasteiger partial charge is 0.416 e. The van der Waals surface area contributed by atoms with Crippen LogP contribution in [0, 0.1) is 6.92 Å². The fraction of sp³-hybridized carbons (Fsp3) is 0.158. The lowest BCUT2D eigenvalue weighted by Crippen LogP contribution is -2.27. The summed E-state index contributed by atoms with van der Waals surface area (Å²) < 4.78 is 39.2. The quantitative estimate of drug-likeness (QED) is 0.682. The first-order valence-corrected chi connectivity index (χ1v) is 8.31. The first kappa shape index (κ1) is 19.3. The maximum atomic E-state index is 12.7. The summed E-state index contributed by atoms with van der Waals surface area (Å²) in [6.07, 6.45) is -2.77. The second-order valence-electron chi connectivity index (χ2n) is 5.96. The lowest BCUT2D eigenvalue weighted by Gasteiger charge is -2.11. The molecule has 2 aromatic carbocycles. The van der Waals surface area contributed by atoms with Crippen molar-refractivity contribution in [1.82, 2.24) is 25.5 Å². The summed E-state index contributed by atoms with van der Waals surface area (Å²) in [7, 11) is 0. The molecule has 6 nitrogen and oxygen atoms in total. The molecule has 0 saturated carbocycles. The molecule has 9 heteroatoms. The van der Waals surface area contributed by atoms with E-state index in [-0.39, 0.29) is 12.2 Å². The molecule has 1 heterocycles. The van der Waals surface area contributed by atoms with Crippen LogP contribution < -0.4 is 5.32 Å². The minimum Gasteiger partial charge on any atom is -0.347 e. The molecule has 0 saturated heterocycles. The Labute approximate surface area is 158 Å². The summed E-state index contributed by atoms with van der Waals surface area (Å²) in [6.45, 7) is 1.71. The Balaban J connectivity index is 1.79. The van der Waals surface area contributed by atoms with E-state index in [4.69, 9.17) is 0 Å². The monoisotopic (exact) mass is 387 g/mol. The van der Waals surface area contributed by atoms with Crippen LogP contribution in [0.2, 0.25) is 0 Å². The number of halogens is 3. The van der Waals surface area contributed by atoms with Gasteiger partial charge in [-0.15, -0.1) is 5.10 Å². The molecule has 3 rings (SSSR count). The Morgan fingerprint density at radius 2 is 1.79 bits per heavy atom. The van der Waals surface area contributed by atoms with Gasteiger partial charge in [-0.3, -0.25) is 4.79 Å². The average molecular weight is 387 g/mol. The van der Waals surface area contributed by atoms with Crippen molar-refractivity contribution >= 4 is 17.7 Å². The van der Waals surface area contributed by atoms with E-state index in [9.17, 15) is 18.0 Å². The number of hydrogen-bond donors (Lipinski definition) is 1. The number of benzene rings is 2. The summed E-state index contributed by atoms with van der Waals surface area (Å²) in [5, 5.41) is 13.9. The van der Waals surface area contributed by atoms with E-state index in [1.165, 1.54) is 16.8 Å². The highest BCUT2D eigenvalue weighted by molar-refractivity contribution is 6.18. The second-order valence-corrected chi connectivity index (χ2v) is 5.96. The molecular weight excluding hydrogens is 371 g/mol. The van der Waals surface area contributed by atoms with E-state index in [1.807, 2.05) is 30.3 Å². The molecule has 0 bridgehead atoms. The number of carbonyl (C=O) groups is 1. The van der Waals surface area contributed by atoms with Crippen molar-refractivity contribution in [3.05, 3.63) is 77.1 Å². The van der Waals surface area contributed by atoms with Gasteiger partial charge in [-0.2, -0.15) is 17.9 Å². The van der Waals surface area contributed by atoms with Gasteiger partial charge in [0.2, 0.25) is 0 Å². The molecule has 144 valence electrons. The number of tetrazole rings is 1. The van der Waals surface area contributed by atoms with E-state index in [2.05, 4.69) is 20.8 Å². The van der Waals surface area contributed by atoms with Gasteiger partial charge in [0.25, 0.3) is 5.91 Å². The number of alkyl halides is 3. The van der Waals surface area contributed by atoms with Gasteiger partial charge in [0.15, 0.2) is 5.82 Å². The van der Waals surface area contributed by atoms with Crippen LogP contribution in [-0.4, -0.2) is 26.1 Å². The first-order valence-electron chi connectivity index (χ1n) is 8.31. The zero-order chi connectivity index (χ0) is 20.1. The van der Waals surface area contributed by atoms with Crippen LogP contribution in [0.4, 0.5) is 13.2 Å². The summed E-state index contributed by atoms with van der Waals surface area (Å²) >= 11 is 0. The molecule has 0 radical (unpaired) electrons. The Bertz CT molecular complexity index is 979. The number of aryl methyl sites for hydroxylation is 1. The molecule has 0 fully saturated rings. The molecule has 0 spiro atoms. The van der Waals surface area contributed by atoms with Crippen molar-refractivity contribution in [3.8, 4) is 0 Å². The van der Waals surface area contributed by atoms with Gasteiger partial charge in [0.1, 0.15) is 5.70 Å². The molecule has 0 atom stereocenters. The lowest BCUT2D eigenvalue weighted by atomic mass is 10.1. The normalized spacial score (nSPS) is 12.1.